The third-order valence-electron chi connectivity index (χ3n) is 2.66. The number of rotatable bonds is 0. The summed E-state index contributed by atoms with van der Waals surface area (Å²) in [7, 11) is 0. The van der Waals surface area contributed by atoms with Gasteiger partial charge in [-0.2, -0.15) is 0 Å². The first-order valence-corrected chi connectivity index (χ1v) is 3.34. The molecule has 3 N–H and O–H groups in total. The standard InChI is InChI=1S/C6H12N2/c7-5-1-2-6(5)3-4-8-6/h5,8H,1-4,7H2. The average Bonchev–Trinajstić information content (AvgIpc) is 1.58. The molecule has 1 spiro atoms. The normalized spacial score (nSPS) is 52.9. The van der Waals surface area contributed by atoms with Gasteiger partial charge in [0.2, 0.25) is 0 Å². The van der Waals surface area contributed by atoms with Gasteiger partial charge >= 0.3 is 0 Å². The van der Waals surface area contributed by atoms with Gasteiger partial charge in [0.25, 0.3) is 0 Å². The summed E-state index contributed by atoms with van der Waals surface area (Å²) in [5, 5.41) is 3.38. The van der Waals surface area contributed by atoms with Crippen LogP contribution in [0.3, 0.4) is 0 Å². The Kier molecular flexibility index (Phi) is 0.746. The van der Waals surface area contributed by atoms with Crippen LogP contribution in [0, 0.1) is 0 Å². The summed E-state index contributed by atoms with van der Waals surface area (Å²) in [4.78, 5) is 0. The van der Waals surface area contributed by atoms with E-state index in [0.29, 0.717) is 11.6 Å². The SMILES string of the molecule is NC1CCC12CCN2. The largest absolute Gasteiger partial charge is 0.326 e. The highest BCUT2D eigenvalue weighted by Gasteiger charge is 2.48. The molecule has 1 saturated heterocycles. The van der Waals surface area contributed by atoms with E-state index in [1.54, 1.807) is 0 Å². The maximum atomic E-state index is 5.76. The second kappa shape index (κ2) is 1.25. The highest BCUT2D eigenvalue weighted by Crippen LogP contribution is 2.38. The summed E-state index contributed by atoms with van der Waals surface area (Å²) in [5.74, 6) is 0. The van der Waals surface area contributed by atoms with Gasteiger partial charge in [0.1, 0.15) is 0 Å². The van der Waals surface area contributed by atoms with Crippen LogP contribution >= 0.6 is 0 Å². The van der Waals surface area contributed by atoms with E-state index in [0.717, 1.165) is 0 Å². The minimum Gasteiger partial charge on any atom is -0.326 e. The van der Waals surface area contributed by atoms with Crippen LogP contribution in [-0.4, -0.2) is 18.1 Å². The quantitative estimate of drug-likeness (QED) is 0.457. The van der Waals surface area contributed by atoms with Crippen LogP contribution in [-0.2, 0) is 0 Å². The summed E-state index contributed by atoms with van der Waals surface area (Å²) in [5.41, 5.74) is 6.19. The van der Waals surface area contributed by atoms with Crippen molar-refractivity contribution in [1.29, 1.82) is 0 Å². The smallest absolute Gasteiger partial charge is 0.0345 e. The van der Waals surface area contributed by atoms with E-state index in [4.69, 9.17) is 5.73 Å². The van der Waals surface area contributed by atoms with E-state index >= 15 is 0 Å². The molecule has 1 saturated carbocycles. The molecule has 1 heterocycles. The van der Waals surface area contributed by atoms with Gasteiger partial charge in [-0.3, -0.25) is 0 Å². The second-order valence-electron chi connectivity index (χ2n) is 2.98. The lowest BCUT2D eigenvalue weighted by Gasteiger charge is -2.55. The Morgan fingerprint density at radius 2 is 2.25 bits per heavy atom. The molecule has 2 unspecified atom stereocenters. The lowest BCUT2D eigenvalue weighted by Crippen LogP contribution is -2.72. The topological polar surface area (TPSA) is 38.0 Å². The zero-order valence-corrected chi connectivity index (χ0v) is 4.98. The number of hydrogen-bond donors (Lipinski definition) is 2. The van der Waals surface area contributed by atoms with Crippen LogP contribution in [0.2, 0.25) is 0 Å². The van der Waals surface area contributed by atoms with Crippen molar-refractivity contribution >= 4 is 0 Å². The molecule has 46 valence electrons. The molecular formula is C6H12N2. The van der Waals surface area contributed by atoms with Gasteiger partial charge in [-0.15, -0.1) is 0 Å². The fourth-order valence-electron chi connectivity index (χ4n) is 1.64. The molecule has 0 aromatic carbocycles. The van der Waals surface area contributed by atoms with E-state index in [-0.39, 0.29) is 0 Å². The van der Waals surface area contributed by atoms with Gasteiger partial charge in [0.05, 0.1) is 0 Å². The van der Waals surface area contributed by atoms with Gasteiger partial charge in [-0.25, -0.2) is 0 Å². The van der Waals surface area contributed by atoms with Gasteiger partial charge in [-0.05, 0) is 25.8 Å². The fourth-order valence-corrected chi connectivity index (χ4v) is 1.64. The molecule has 2 rings (SSSR count). The van der Waals surface area contributed by atoms with Crippen molar-refractivity contribution < 1.29 is 0 Å². The van der Waals surface area contributed by atoms with Crippen LogP contribution in [0.15, 0.2) is 0 Å². The fraction of sp³-hybridized carbons (Fsp3) is 1.00. The van der Waals surface area contributed by atoms with Crippen molar-refractivity contribution in [3.05, 3.63) is 0 Å². The predicted molar refractivity (Wildman–Crippen MR) is 32.6 cm³/mol. The van der Waals surface area contributed by atoms with Crippen molar-refractivity contribution in [1.82, 2.24) is 5.32 Å². The molecule has 2 fully saturated rings. The highest BCUT2D eigenvalue weighted by molar-refractivity contribution is 5.11. The molecular weight excluding hydrogens is 100 g/mol. The molecule has 8 heavy (non-hydrogen) atoms. The van der Waals surface area contributed by atoms with Gasteiger partial charge in [-0.1, -0.05) is 0 Å². The van der Waals surface area contributed by atoms with Crippen LogP contribution in [0.5, 0.6) is 0 Å². The van der Waals surface area contributed by atoms with E-state index in [9.17, 15) is 0 Å². The van der Waals surface area contributed by atoms with Crippen LogP contribution < -0.4 is 11.1 Å². The Morgan fingerprint density at radius 3 is 2.25 bits per heavy atom. The first kappa shape index (κ1) is 4.77. The molecule has 0 aromatic rings. The van der Waals surface area contributed by atoms with E-state index in [2.05, 4.69) is 5.32 Å². The van der Waals surface area contributed by atoms with Gasteiger partial charge < -0.3 is 11.1 Å². The highest BCUT2D eigenvalue weighted by atomic mass is 15.1. The minimum atomic E-state index is 0.431. The number of hydrogen-bond acceptors (Lipinski definition) is 2. The van der Waals surface area contributed by atoms with Crippen molar-refractivity contribution in [2.24, 2.45) is 5.73 Å². The molecule has 0 radical (unpaired) electrons. The lowest BCUT2D eigenvalue weighted by molar-refractivity contribution is 0.0703. The van der Waals surface area contributed by atoms with Gasteiger partial charge in [0, 0.05) is 11.6 Å². The van der Waals surface area contributed by atoms with Crippen molar-refractivity contribution in [2.45, 2.75) is 30.8 Å². The maximum absolute atomic E-state index is 5.76. The third-order valence-corrected chi connectivity index (χ3v) is 2.66. The molecule has 1 aliphatic carbocycles. The molecule has 1 aliphatic heterocycles. The summed E-state index contributed by atoms with van der Waals surface area (Å²) >= 11 is 0. The molecule has 2 aliphatic rings. The molecule has 0 aromatic heterocycles. The van der Waals surface area contributed by atoms with Crippen LogP contribution in [0.1, 0.15) is 19.3 Å². The zero-order chi connectivity index (χ0) is 5.61. The Hall–Kier alpha value is -0.0800. The maximum Gasteiger partial charge on any atom is 0.0345 e. The summed E-state index contributed by atoms with van der Waals surface area (Å²) in [6, 6.07) is 0.469. The Balaban J connectivity index is 2.03. The number of nitrogens with one attached hydrogen (secondary N) is 1. The zero-order valence-electron chi connectivity index (χ0n) is 4.98. The van der Waals surface area contributed by atoms with Crippen molar-refractivity contribution in [3.8, 4) is 0 Å². The minimum absolute atomic E-state index is 0.431. The number of nitrogens with two attached hydrogens (primary N) is 1. The Bertz CT molecular complexity index is 102. The summed E-state index contributed by atoms with van der Waals surface area (Å²) in [6.07, 6.45) is 3.86. The first-order valence-electron chi connectivity index (χ1n) is 3.34. The molecule has 0 amide bonds. The Labute approximate surface area is 49.4 Å². The first-order chi connectivity index (χ1) is 3.83. The third kappa shape index (κ3) is 0.361. The van der Waals surface area contributed by atoms with E-state index in [1.165, 1.54) is 25.8 Å². The van der Waals surface area contributed by atoms with Gasteiger partial charge in [0.15, 0.2) is 0 Å². The monoisotopic (exact) mass is 112 g/mol. The Morgan fingerprint density at radius 1 is 1.50 bits per heavy atom. The average molecular weight is 112 g/mol. The van der Waals surface area contributed by atoms with E-state index < -0.39 is 0 Å². The second-order valence-corrected chi connectivity index (χ2v) is 2.98. The summed E-state index contributed by atoms with van der Waals surface area (Å²) < 4.78 is 0. The lowest BCUT2D eigenvalue weighted by atomic mass is 9.66. The van der Waals surface area contributed by atoms with Crippen molar-refractivity contribution in [3.63, 3.8) is 0 Å². The van der Waals surface area contributed by atoms with E-state index in [1.807, 2.05) is 0 Å². The summed E-state index contributed by atoms with van der Waals surface area (Å²) in [6.45, 7) is 1.19. The molecule has 2 atom stereocenters. The van der Waals surface area contributed by atoms with Crippen molar-refractivity contribution in [2.75, 3.05) is 6.54 Å². The molecule has 2 heteroatoms. The van der Waals surface area contributed by atoms with Crippen LogP contribution in [0.4, 0.5) is 0 Å². The molecule has 0 bridgehead atoms. The molecule has 2 nitrogen and oxygen atoms in total. The predicted octanol–water partition coefficient (Wildman–Crippen LogP) is -0.160. The van der Waals surface area contributed by atoms with Crippen LogP contribution in [0.25, 0.3) is 0 Å².